The summed E-state index contributed by atoms with van der Waals surface area (Å²) in [6, 6.07) is 18.2. The summed E-state index contributed by atoms with van der Waals surface area (Å²) < 4.78 is 1.42. The van der Waals surface area contributed by atoms with Crippen LogP contribution in [0, 0.1) is 13.8 Å². The Balaban J connectivity index is 1.84. The number of amides is 1. The molecule has 0 aliphatic carbocycles. The Morgan fingerprint density at radius 1 is 1.03 bits per heavy atom. The smallest absolute Gasteiger partial charge is 0.269 e. The molecule has 2 aromatic heterocycles. The van der Waals surface area contributed by atoms with Crippen LogP contribution in [0.5, 0.6) is 5.75 Å². The molecule has 30 heavy (non-hydrogen) atoms. The van der Waals surface area contributed by atoms with E-state index in [1.165, 1.54) is 4.57 Å². The molecule has 0 spiro atoms. The maximum Gasteiger partial charge on any atom is 0.269 e. The molecule has 2 heterocycles. The average Bonchev–Trinajstić information content (AvgIpc) is 2.74. The maximum atomic E-state index is 13.3. The maximum absolute atomic E-state index is 13.3. The van der Waals surface area contributed by atoms with E-state index in [2.05, 4.69) is 10.3 Å². The number of benzene rings is 2. The van der Waals surface area contributed by atoms with Crippen LogP contribution in [-0.4, -0.2) is 20.6 Å². The highest BCUT2D eigenvalue weighted by Crippen LogP contribution is 2.26. The fourth-order valence-electron chi connectivity index (χ4n) is 3.39. The summed E-state index contributed by atoms with van der Waals surface area (Å²) in [6.45, 7) is 4.15. The van der Waals surface area contributed by atoms with E-state index < -0.39 is 11.5 Å². The number of aryl methyl sites for hydroxylation is 2. The number of rotatable bonds is 4. The third kappa shape index (κ3) is 3.55. The second-order valence-electron chi connectivity index (χ2n) is 7.23. The van der Waals surface area contributed by atoms with Crippen molar-refractivity contribution in [3.8, 4) is 5.75 Å². The molecular weight excluding hydrogens is 378 g/mol. The minimum Gasteiger partial charge on any atom is -0.506 e. The Morgan fingerprint density at radius 2 is 1.80 bits per heavy atom. The average molecular weight is 399 g/mol. The molecule has 1 amide bonds. The quantitative estimate of drug-likeness (QED) is 0.543. The van der Waals surface area contributed by atoms with Crippen molar-refractivity contribution in [3.05, 3.63) is 99.5 Å². The monoisotopic (exact) mass is 399 g/mol. The zero-order valence-electron chi connectivity index (χ0n) is 16.7. The Morgan fingerprint density at radius 3 is 2.53 bits per heavy atom. The van der Waals surface area contributed by atoms with Crippen LogP contribution in [0.15, 0.2) is 71.7 Å². The Hall–Kier alpha value is -3.93. The lowest BCUT2D eigenvalue weighted by Gasteiger charge is -2.14. The van der Waals surface area contributed by atoms with Gasteiger partial charge in [-0.15, -0.1) is 0 Å². The number of anilines is 1. The molecule has 2 N–H and O–H groups in total. The molecule has 0 radical (unpaired) electrons. The lowest BCUT2D eigenvalue weighted by Crippen LogP contribution is -2.30. The van der Waals surface area contributed by atoms with Gasteiger partial charge in [-0.2, -0.15) is 0 Å². The molecular formula is C24H21N3O3. The van der Waals surface area contributed by atoms with Gasteiger partial charge in [0.2, 0.25) is 0 Å². The number of nitrogens with zero attached hydrogens (tertiary/aromatic N) is 2. The van der Waals surface area contributed by atoms with Gasteiger partial charge < -0.3 is 10.4 Å². The van der Waals surface area contributed by atoms with Gasteiger partial charge in [-0.05, 0) is 54.8 Å². The lowest BCUT2D eigenvalue weighted by atomic mass is 10.1. The highest BCUT2D eigenvalue weighted by Gasteiger charge is 2.23. The Labute approximate surface area is 173 Å². The van der Waals surface area contributed by atoms with Crippen LogP contribution in [-0.2, 0) is 6.54 Å². The largest absolute Gasteiger partial charge is 0.506 e. The molecule has 6 nitrogen and oxygen atoms in total. The molecule has 0 aliphatic rings. The molecule has 0 saturated carbocycles. The number of hydrogen-bond acceptors (Lipinski definition) is 4. The van der Waals surface area contributed by atoms with Crippen molar-refractivity contribution in [1.82, 2.24) is 9.55 Å². The fourth-order valence-corrected chi connectivity index (χ4v) is 3.39. The number of carbonyl (C=O) groups excluding carboxylic acids is 1. The van der Waals surface area contributed by atoms with Crippen LogP contribution >= 0.6 is 0 Å². The predicted octanol–water partition coefficient (Wildman–Crippen LogP) is 4.02. The van der Waals surface area contributed by atoms with Crippen molar-refractivity contribution in [3.63, 3.8) is 0 Å². The van der Waals surface area contributed by atoms with Crippen LogP contribution < -0.4 is 10.9 Å². The SMILES string of the molecule is Cc1ccc(NC(=O)c2c(O)c3cccnc3n(Cc3ccccc3)c2=O)cc1C. The number of nitrogens with one attached hydrogen (secondary N) is 1. The highest BCUT2D eigenvalue weighted by molar-refractivity contribution is 6.08. The first-order valence-corrected chi connectivity index (χ1v) is 9.58. The molecule has 2 aromatic carbocycles. The van der Waals surface area contributed by atoms with E-state index in [0.717, 1.165) is 16.7 Å². The standard InChI is InChI=1S/C24H21N3O3/c1-15-10-11-18(13-16(15)2)26-23(29)20-21(28)19-9-6-12-25-22(19)27(24(20)30)14-17-7-4-3-5-8-17/h3-13,28H,14H2,1-2H3,(H,26,29). The summed E-state index contributed by atoms with van der Waals surface area (Å²) in [7, 11) is 0. The number of fused-ring (bicyclic) bond motifs is 1. The molecule has 4 rings (SSSR count). The van der Waals surface area contributed by atoms with E-state index in [4.69, 9.17) is 0 Å². The van der Waals surface area contributed by atoms with Crippen LogP contribution in [0.4, 0.5) is 5.69 Å². The van der Waals surface area contributed by atoms with Gasteiger partial charge in [-0.3, -0.25) is 14.2 Å². The topological polar surface area (TPSA) is 84.2 Å². The second kappa shape index (κ2) is 7.83. The van der Waals surface area contributed by atoms with Crippen molar-refractivity contribution in [2.75, 3.05) is 5.32 Å². The summed E-state index contributed by atoms with van der Waals surface area (Å²) in [5.74, 6) is -1.03. The molecule has 0 unspecified atom stereocenters. The van der Waals surface area contributed by atoms with Crippen molar-refractivity contribution < 1.29 is 9.90 Å². The number of carbonyl (C=O) groups is 1. The second-order valence-corrected chi connectivity index (χ2v) is 7.23. The number of pyridine rings is 2. The van der Waals surface area contributed by atoms with E-state index in [1.54, 1.807) is 24.4 Å². The minimum atomic E-state index is -0.659. The minimum absolute atomic E-state index is 0.234. The summed E-state index contributed by atoms with van der Waals surface area (Å²) in [4.78, 5) is 30.5. The van der Waals surface area contributed by atoms with Crippen molar-refractivity contribution in [2.45, 2.75) is 20.4 Å². The van der Waals surface area contributed by atoms with Crippen LogP contribution in [0.25, 0.3) is 11.0 Å². The van der Waals surface area contributed by atoms with Gasteiger partial charge in [0.1, 0.15) is 17.0 Å². The molecule has 6 heteroatoms. The first kappa shape index (κ1) is 19.4. The molecule has 0 bridgehead atoms. The third-order valence-corrected chi connectivity index (χ3v) is 5.17. The molecule has 4 aromatic rings. The van der Waals surface area contributed by atoms with Gasteiger partial charge in [0, 0.05) is 11.9 Å². The number of aromatic nitrogens is 2. The molecule has 0 atom stereocenters. The van der Waals surface area contributed by atoms with Crippen LogP contribution in [0.2, 0.25) is 0 Å². The van der Waals surface area contributed by atoms with Gasteiger partial charge in [0.05, 0.1) is 11.9 Å². The normalized spacial score (nSPS) is 10.9. The molecule has 0 fully saturated rings. The predicted molar refractivity (Wildman–Crippen MR) is 117 cm³/mol. The third-order valence-electron chi connectivity index (χ3n) is 5.17. The summed E-state index contributed by atoms with van der Waals surface area (Å²) in [5, 5.41) is 13.8. The Bertz CT molecular complexity index is 1310. The summed E-state index contributed by atoms with van der Waals surface area (Å²) in [5.41, 5.74) is 2.99. The van der Waals surface area contributed by atoms with E-state index in [1.807, 2.05) is 56.3 Å². The van der Waals surface area contributed by atoms with Crippen molar-refractivity contribution >= 4 is 22.6 Å². The van der Waals surface area contributed by atoms with Crippen LogP contribution in [0.1, 0.15) is 27.0 Å². The van der Waals surface area contributed by atoms with Gasteiger partial charge in [0.15, 0.2) is 0 Å². The fraction of sp³-hybridized carbons (Fsp3) is 0.125. The van der Waals surface area contributed by atoms with E-state index in [0.29, 0.717) is 16.7 Å². The lowest BCUT2D eigenvalue weighted by molar-refractivity contribution is 0.102. The number of hydrogen-bond donors (Lipinski definition) is 2. The zero-order valence-corrected chi connectivity index (χ0v) is 16.7. The molecule has 0 aliphatic heterocycles. The van der Waals surface area contributed by atoms with Gasteiger partial charge in [0.25, 0.3) is 11.5 Å². The summed E-state index contributed by atoms with van der Waals surface area (Å²) >= 11 is 0. The van der Waals surface area contributed by atoms with E-state index in [-0.39, 0.29) is 17.9 Å². The summed E-state index contributed by atoms with van der Waals surface area (Å²) in [6.07, 6.45) is 1.55. The van der Waals surface area contributed by atoms with Gasteiger partial charge in [-0.25, -0.2) is 4.98 Å². The first-order valence-electron chi connectivity index (χ1n) is 9.58. The van der Waals surface area contributed by atoms with Gasteiger partial charge in [-0.1, -0.05) is 36.4 Å². The van der Waals surface area contributed by atoms with Crippen molar-refractivity contribution in [1.29, 1.82) is 0 Å². The molecule has 150 valence electrons. The van der Waals surface area contributed by atoms with Gasteiger partial charge >= 0.3 is 0 Å². The highest BCUT2D eigenvalue weighted by atomic mass is 16.3. The zero-order chi connectivity index (χ0) is 21.3. The first-order chi connectivity index (χ1) is 14.5. The van der Waals surface area contributed by atoms with E-state index in [9.17, 15) is 14.7 Å². The van der Waals surface area contributed by atoms with Crippen molar-refractivity contribution in [2.24, 2.45) is 0 Å². The van der Waals surface area contributed by atoms with E-state index >= 15 is 0 Å². The number of aromatic hydroxyl groups is 1. The van der Waals surface area contributed by atoms with Crippen LogP contribution in [0.3, 0.4) is 0 Å². The molecule has 0 saturated heterocycles. The Kier molecular flexibility index (Phi) is 5.06.